The lowest BCUT2D eigenvalue weighted by Gasteiger charge is -2.28. The molecule has 1 aromatic carbocycles. The number of benzene rings is 1. The number of carbonyl (C=O) groups is 1. The molecule has 0 saturated carbocycles. The van der Waals surface area contributed by atoms with Crippen molar-refractivity contribution < 1.29 is 32.0 Å². The first-order valence-corrected chi connectivity index (χ1v) is 11.4. The highest BCUT2D eigenvalue weighted by Crippen LogP contribution is 2.39. The number of rotatable bonds is 8. The number of aromatic amines is 1. The van der Waals surface area contributed by atoms with E-state index in [9.17, 15) is 18.0 Å². The molecule has 0 radical (unpaired) electrons. The van der Waals surface area contributed by atoms with Crippen LogP contribution >= 0.6 is 11.8 Å². The van der Waals surface area contributed by atoms with Crippen molar-refractivity contribution in [2.45, 2.75) is 42.2 Å². The Morgan fingerprint density at radius 2 is 2.12 bits per heavy atom. The van der Waals surface area contributed by atoms with Gasteiger partial charge in [-0.3, -0.25) is 4.79 Å². The highest BCUT2D eigenvalue weighted by atomic mass is 32.2. The fourth-order valence-electron chi connectivity index (χ4n) is 3.87. The third kappa shape index (κ3) is 5.64. The molecule has 0 aliphatic carbocycles. The zero-order chi connectivity index (χ0) is 24.3. The standard InChI is InChI=1S/C21H23F3N6O3S/c1-32-14-2-3-15(33-21(22,23)24)16(10-14)34-20-27-17-18(25)26-11-30(19(17)28-20)9-6-13-4-7-29(12-31)8-5-13/h2-3,10-13H,4-9H2,1H3,(H2,25,27,28)/p+1. The van der Waals surface area contributed by atoms with Crippen LogP contribution in [0.1, 0.15) is 19.3 Å². The van der Waals surface area contributed by atoms with Crippen molar-refractivity contribution >= 4 is 35.2 Å². The largest absolute Gasteiger partial charge is 0.573 e. The molecule has 34 heavy (non-hydrogen) atoms. The number of hydrogen-bond donors (Lipinski definition) is 2. The van der Waals surface area contributed by atoms with Crippen LogP contribution in [0.3, 0.4) is 0 Å². The van der Waals surface area contributed by atoms with Gasteiger partial charge in [0.1, 0.15) is 11.5 Å². The lowest BCUT2D eigenvalue weighted by molar-refractivity contribution is -0.677. The Kier molecular flexibility index (Phi) is 7.00. The fraction of sp³-hybridized carbons (Fsp3) is 0.429. The molecule has 13 heteroatoms. The van der Waals surface area contributed by atoms with Crippen molar-refractivity contribution in [3.05, 3.63) is 24.5 Å². The van der Waals surface area contributed by atoms with E-state index in [1.54, 1.807) is 11.2 Å². The maximum atomic E-state index is 12.9. The van der Waals surface area contributed by atoms with Crippen LogP contribution in [0.5, 0.6) is 11.5 Å². The van der Waals surface area contributed by atoms with E-state index in [1.165, 1.54) is 25.3 Å². The molecule has 3 heterocycles. The van der Waals surface area contributed by atoms with Gasteiger partial charge >= 0.3 is 6.36 Å². The molecule has 0 unspecified atom stereocenters. The summed E-state index contributed by atoms with van der Waals surface area (Å²) in [6, 6.07) is 4.03. The van der Waals surface area contributed by atoms with Crippen LogP contribution in [-0.4, -0.2) is 52.8 Å². The van der Waals surface area contributed by atoms with Crippen LogP contribution < -0.4 is 19.8 Å². The van der Waals surface area contributed by atoms with E-state index >= 15 is 0 Å². The first kappa shape index (κ1) is 23.9. The van der Waals surface area contributed by atoms with Crippen molar-refractivity contribution in [1.29, 1.82) is 0 Å². The molecule has 1 amide bonds. The Morgan fingerprint density at radius 1 is 1.35 bits per heavy atom. The van der Waals surface area contributed by atoms with Crippen molar-refractivity contribution in [3.63, 3.8) is 0 Å². The molecule has 0 spiro atoms. The van der Waals surface area contributed by atoms with Gasteiger partial charge in [0.15, 0.2) is 5.52 Å². The maximum Gasteiger partial charge on any atom is 0.573 e. The molecule has 9 nitrogen and oxygen atoms in total. The van der Waals surface area contributed by atoms with Gasteiger partial charge in [-0.15, -0.1) is 13.2 Å². The van der Waals surface area contributed by atoms with Crippen LogP contribution in [-0.2, 0) is 11.3 Å². The summed E-state index contributed by atoms with van der Waals surface area (Å²) in [5.41, 5.74) is 7.08. The number of anilines is 1. The van der Waals surface area contributed by atoms with Gasteiger partial charge in [-0.2, -0.15) is 0 Å². The average molecular weight is 498 g/mol. The van der Waals surface area contributed by atoms with Crippen molar-refractivity contribution in [3.8, 4) is 11.5 Å². The van der Waals surface area contributed by atoms with Gasteiger partial charge in [0.25, 0.3) is 5.65 Å². The summed E-state index contributed by atoms with van der Waals surface area (Å²) in [6.45, 7) is 2.15. The minimum absolute atomic E-state index is 0.177. The van der Waals surface area contributed by atoms with Crippen LogP contribution in [0.4, 0.5) is 19.0 Å². The molecule has 1 aliphatic rings. The van der Waals surface area contributed by atoms with Gasteiger partial charge in [0.2, 0.25) is 23.7 Å². The molecular weight excluding hydrogens is 473 g/mol. The second-order valence-electron chi connectivity index (χ2n) is 7.90. The van der Waals surface area contributed by atoms with Crippen LogP contribution in [0.25, 0.3) is 11.2 Å². The number of halogens is 3. The number of methoxy groups -OCH3 is 1. The number of aromatic nitrogens is 4. The summed E-state index contributed by atoms with van der Waals surface area (Å²) >= 11 is 0.970. The van der Waals surface area contributed by atoms with Gasteiger partial charge in [-0.05, 0) is 55.1 Å². The summed E-state index contributed by atoms with van der Waals surface area (Å²) in [5.74, 6) is 0.731. The quantitative estimate of drug-likeness (QED) is 0.363. The van der Waals surface area contributed by atoms with E-state index in [0.29, 0.717) is 34.5 Å². The molecular formula is C21H24F3N6O3S+. The summed E-state index contributed by atoms with van der Waals surface area (Å²) in [5, 5.41) is 0.336. The number of ether oxygens (including phenoxy) is 2. The topological polar surface area (TPSA) is 110 Å². The minimum atomic E-state index is -4.84. The summed E-state index contributed by atoms with van der Waals surface area (Å²) in [4.78, 5) is 24.7. The van der Waals surface area contributed by atoms with Gasteiger partial charge in [-0.25, -0.2) is 4.57 Å². The first-order valence-electron chi connectivity index (χ1n) is 10.6. The second kappa shape index (κ2) is 9.95. The molecule has 182 valence electrons. The van der Waals surface area contributed by atoms with Crippen LogP contribution in [0.15, 0.2) is 34.6 Å². The Hall–Kier alpha value is -3.22. The number of piperidine rings is 1. The summed E-state index contributed by atoms with van der Waals surface area (Å²) in [7, 11) is 1.42. The van der Waals surface area contributed by atoms with Crippen molar-refractivity contribution in [1.82, 2.24) is 19.9 Å². The Labute approximate surface area is 197 Å². The number of nitrogens with zero attached hydrogens (tertiary/aromatic N) is 4. The zero-order valence-electron chi connectivity index (χ0n) is 18.3. The van der Waals surface area contributed by atoms with Gasteiger partial charge in [0, 0.05) is 13.1 Å². The van der Waals surface area contributed by atoms with Crippen LogP contribution in [0, 0.1) is 5.92 Å². The number of H-pyrrole nitrogens is 1. The number of alkyl halides is 3. The lowest BCUT2D eigenvalue weighted by atomic mass is 9.94. The molecule has 0 atom stereocenters. The summed E-state index contributed by atoms with van der Waals surface area (Å²) in [6.07, 6.45) is 0.407. The second-order valence-corrected chi connectivity index (χ2v) is 8.93. The zero-order valence-corrected chi connectivity index (χ0v) is 19.2. The monoisotopic (exact) mass is 497 g/mol. The molecule has 1 aliphatic heterocycles. The average Bonchev–Trinajstić information content (AvgIpc) is 3.24. The number of hydrogen-bond acceptors (Lipinski definition) is 7. The lowest BCUT2D eigenvalue weighted by Crippen LogP contribution is -2.38. The fourth-order valence-corrected chi connectivity index (χ4v) is 4.75. The number of nitrogens with two attached hydrogens (primary N) is 1. The molecule has 0 bridgehead atoms. The predicted molar refractivity (Wildman–Crippen MR) is 117 cm³/mol. The number of aryl methyl sites for hydroxylation is 1. The SMILES string of the molecule is COc1ccc(OC(F)(F)F)c(Sc2nc3c([nH]2)c(N)nc[n+]3CCC2CCN(C=O)CC2)c1. The molecule has 3 aromatic rings. The number of amides is 1. The van der Waals surface area contributed by atoms with Gasteiger partial charge in [0.05, 0.1) is 18.6 Å². The predicted octanol–water partition coefficient (Wildman–Crippen LogP) is 3.14. The summed E-state index contributed by atoms with van der Waals surface area (Å²) < 4.78 is 49.8. The highest BCUT2D eigenvalue weighted by Gasteiger charge is 2.33. The number of fused-ring (bicyclic) bond motifs is 1. The van der Waals surface area contributed by atoms with Gasteiger partial charge < -0.3 is 25.1 Å². The number of carbonyl (C=O) groups excluding carboxylic acids is 1. The van der Waals surface area contributed by atoms with Crippen molar-refractivity contribution in [2.75, 3.05) is 25.9 Å². The minimum Gasteiger partial charge on any atom is -0.497 e. The van der Waals surface area contributed by atoms with E-state index in [-0.39, 0.29) is 16.5 Å². The first-order chi connectivity index (χ1) is 16.3. The van der Waals surface area contributed by atoms with Crippen molar-refractivity contribution in [2.24, 2.45) is 5.92 Å². The number of imidazole rings is 1. The highest BCUT2D eigenvalue weighted by molar-refractivity contribution is 7.99. The van der Waals surface area contributed by atoms with E-state index in [0.717, 1.165) is 50.5 Å². The molecule has 1 saturated heterocycles. The molecule has 3 N–H and O–H groups in total. The van der Waals surface area contributed by atoms with Crippen LogP contribution in [0.2, 0.25) is 0 Å². The normalized spacial score (nSPS) is 15.0. The van der Waals surface area contributed by atoms with E-state index in [1.807, 2.05) is 4.57 Å². The maximum absolute atomic E-state index is 12.9. The molecule has 1 fully saturated rings. The smallest absolute Gasteiger partial charge is 0.497 e. The van der Waals surface area contributed by atoms with E-state index < -0.39 is 6.36 Å². The Balaban J connectivity index is 1.56. The van der Waals surface area contributed by atoms with E-state index in [2.05, 4.69) is 19.7 Å². The molecule has 2 aromatic heterocycles. The number of nitrogen functional groups attached to an aromatic ring is 1. The third-order valence-corrected chi connectivity index (χ3v) is 6.61. The van der Waals surface area contributed by atoms with Gasteiger partial charge in [-0.1, -0.05) is 9.97 Å². The number of likely N-dealkylation sites (tertiary alicyclic amines) is 1. The van der Waals surface area contributed by atoms with E-state index in [4.69, 9.17) is 10.5 Å². The third-order valence-electron chi connectivity index (χ3n) is 5.69. The Morgan fingerprint density at radius 3 is 2.79 bits per heavy atom. The number of nitrogens with one attached hydrogen (secondary N) is 1. The molecule has 4 rings (SSSR count). The Bertz CT molecular complexity index is 1160.